The molecule has 2 aromatic heterocycles. The van der Waals surface area contributed by atoms with Crippen LogP contribution in [0.1, 0.15) is 35.8 Å². The molecule has 1 amide bonds. The Morgan fingerprint density at radius 3 is 2.76 bits per heavy atom. The Labute approximate surface area is 169 Å². The second-order valence-corrected chi connectivity index (χ2v) is 7.82. The second-order valence-electron chi connectivity index (χ2n) is 7.82. The smallest absolute Gasteiger partial charge is 0.252 e. The monoisotopic (exact) mass is 388 g/mol. The maximum atomic E-state index is 13.2. The number of rotatable bonds is 4. The molecule has 29 heavy (non-hydrogen) atoms. The average Bonchev–Trinajstić information content (AvgIpc) is 3.34. The first-order valence-corrected chi connectivity index (χ1v) is 9.84. The van der Waals surface area contributed by atoms with E-state index in [1.807, 2.05) is 55.8 Å². The number of hydrogen-bond donors (Lipinski definition) is 2. The van der Waals surface area contributed by atoms with Crippen molar-refractivity contribution in [3.63, 3.8) is 0 Å². The van der Waals surface area contributed by atoms with Crippen LogP contribution >= 0.6 is 0 Å². The van der Waals surface area contributed by atoms with Crippen molar-refractivity contribution in [2.24, 2.45) is 5.92 Å². The van der Waals surface area contributed by atoms with Crippen LogP contribution in [0.2, 0.25) is 0 Å². The summed E-state index contributed by atoms with van der Waals surface area (Å²) in [6.45, 7) is 7.29. The summed E-state index contributed by atoms with van der Waals surface area (Å²) in [4.78, 5) is 18.0. The minimum absolute atomic E-state index is 0.117. The molecule has 1 aliphatic heterocycles. The molecule has 148 valence electrons. The van der Waals surface area contributed by atoms with Crippen molar-refractivity contribution in [1.82, 2.24) is 25.4 Å². The van der Waals surface area contributed by atoms with Crippen molar-refractivity contribution < 1.29 is 4.79 Å². The van der Waals surface area contributed by atoms with E-state index in [2.05, 4.69) is 21.8 Å². The molecule has 0 saturated carbocycles. The fraction of sp³-hybridized carbons (Fsp3) is 0.364. The van der Waals surface area contributed by atoms with E-state index in [1.54, 1.807) is 6.20 Å². The number of amides is 1. The van der Waals surface area contributed by atoms with Gasteiger partial charge < -0.3 is 10.6 Å². The van der Waals surface area contributed by atoms with Crippen LogP contribution in [-0.4, -0.2) is 39.8 Å². The number of nitrogens with one attached hydrogen (secondary N) is 2. The van der Waals surface area contributed by atoms with Crippen molar-refractivity contribution in [1.29, 1.82) is 5.26 Å². The minimum Gasteiger partial charge on any atom is -0.347 e. The zero-order valence-corrected chi connectivity index (χ0v) is 16.8. The molecular formula is C22H24N6O. The Hall–Kier alpha value is -3.24. The van der Waals surface area contributed by atoms with Gasteiger partial charge in [0.15, 0.2) is 5.65 Å². The molecule has 1 aliphatic rings. The van der Waals surface area contributed by atoms with Gasteiger partial charge in [-0.25, -0.2) is 9.67 Å². The van der Waals surface area contributed by atoms with Gasteiger partial charge >= 0.3 is 0 Å². The van der Waals surface area contributed by atoms with Gasteiger partial charge in [-0.15, -0.1) is 0 Å². The highest BCUT2D eigenvalue weighted by Crippen LogP contribution is 2.27. The quantitative estimate of drug-likeness (QED) is 0.716. The third-order valence-corrected chi connectivity index (χ3v) is 5.34. The van der Waals surface area contributed by atoms with Crippen LogP contribution in [0.15, 0.2) is 36.5 Å². The average molecular weight is 388 g/mol. The summed E-state index contributed by atoms with van der Waals surface area (Å²) < 4.78 is 1.83. The zero-order chi connectivity index (χ0) is 20.5. The van der Waals surface area contributed by atoms with Gasteiger partial charge in [-0.1, -0.05) is 29.8 Å². The van der Waals surface area contributed by atoms with Crippen molar-refractivity contribution in [3.8, 4) is 17.3 Å². The van der Waals surface area contributed by atoms with Crippen LogP contribution in [0.25, 0.3) is 22.3 Å². The van der Waals surface area contributed by atoms with Crippen molar-refractivity contribution in [2.75, 3.05) is 13.1 Å². The highest BCUT2D eigenvalue weighted by molar-refractivity contribution is 6.06. The van der Waals surface area contributed by atoms with E-state index < -0.39 is 0 Å². The lowest BCUT2D eigenvalue weighted by Gasteiger charge is -2.16. The van der Waals surface area contributed by atoms with Crippen molar-refractivity contribution in [2.45, 2.75) is 32.9 Å². The summed E-state index contributed by atoms with van der Waals surface area (Å²) in [6, 6.07) is 12.1. The SMILES string of the molecule is Cc1ccc(-c2cc(C(=O)NC3CNCC3C#N)c3cnn(C(C)C)c3n2)cc1. The Morgan fingerprint density at radius 1 is 1.31 bits per heavy atom. The molecule has 2 N–H and O–H groups in total. The standard InChI is InChI=1S/C22H24N6O/c1-13(2)28-21-18(11-25-28)17(22(29)27-20-12-24-10-16(20)9-23)8-19(26-21)15-6-4-14(3)5-7-15/h4-8,11,13,16,20,24H,10,12H2,1-3H3,(H,27,29). The fourth-order valence-corrected chi connectivity index (χ4v) is 3.67. The first kappa shape index (κ1) is 19.1. The van der Waals surface area contributed by atoms with E-state index in [0.29, 0.717) is 29.7 Å². The highest BCUT2D eigenvalue weighted by Gasteiger charge is 2.29. The number of carbonyl (C=O) groups is 1. The Bertz CT molecular complexity index is 1090. The third-order valence-electron chi connectivity index (χ3n) is 5.34. The molecule has 3 aromatic rings. The molecule has 1 aromatic carbocycles. The first-order chi connectivity index (χ1) is 14.0. The molecule has 7 nitrogen and oxygen atoms in total. The van der Waals surface area contributed by atoms with Crippen LogP contribution < -0.4 is 10.6 Å². The molecule has 0 aliphatic carbocycles. The maximum Gasteiger partial charge on any atom is 0.252 e. The highest BCUT2D eigenvalue weighted by atomic mass is 16.1. The normalized spacial score (nSPS) is 18.9. The van der Waals surface area contributed by atoms with Gasteiger partial charge in [0.05, 0.1) is 40.9 Å². The summed E-state index contributed by atoms with van der Waals surface area (Å²) >= 11 is 0. The van der Waals surface area contributed by atoms with Crippen LogP contribution in [0.4, 0.5) is 0 Å². The predicted molar refractivity (Wildman–Crippen MR) is 111 cm³/mol. The molecule has 7 heteroatoms. The van der Waals surface area contributed by atoms with Crippen LogP contribution in [0, 0.1) is 24.2 Å². The second kappa shape index (κ2) is 7.64. The summed E-state index contributed by atoms with van der Waals surface area (Å²) in [5, 5.41) is 20.7. The minimum atomic E-state index is -0.230. The number of hydrogen-bond acceptors (Lipinski definition) is 5. The lowest BCUT2D eigenvalue weighted by molar-refractivity contribution is 0.0937. The lowest BCUT2D eigenvalue weighted by atomic mass is 10.0. The number of aromatic nitrogens is 3. The van der Waals surface area contributed by atoms with E-state index >= 15 is 0 Å². The number of carbonyl (C=O) groups excluding carboxylic acids is 1. The van der Waals surface area contributed by atoms with Crippen LogP contribution in [0.5, 0.6) is 0 Å². The van der Waals surface area contributed by atoms with Crippen LogP contribution in [-0.2, 0) is 0 Å². The van der Waals surface area contributed by atoms with E-state index in [1.165, 1.54) is 0 Å². The summed E-state index contributed by atoms with van der Waals surface area (Å²) in [6.07, 6.45) is 1.70. The summed E-state index contributed by atoms with van der Waals surface area (Å²) in [7, 11) is 0. The number of pyridine rings is 1. The van der Waals surface area contributed by atoms with E-state index in [4.69, 9.17) is 4.98 Å². The van der Waals surface area contributed by atoms with E-state index in [9.17, 15) is 10.1 Å². The molecular weight excluding hydrogens is 364 g/mol. The molecule has 3 heterocycles. The van der Waals surface area contributed by atoms with Gasteiger partial charge in [-0.3, -0.25) is 4.79 Å². The van der Waals surface area contributed by atoms with Gasteiger partial charge in [0.1, 0.15) is 0 Å². The summed E-state index contributed by atoms with van der Waals surface area (Å²) in [5.74, 6) is -0.436. The van der Waals surface area contributed by atoms with Gasteiger partial charge in [0.2, 0.25) is 0 Å². The largest absolute Gasteiger partial charge is 0.347 e. The van der Waals surface area contributed by atoms with Gasteiger partial charge in [-0.2, -0.15) is 10.4 Å². The Morgan fingerprint density at radius 2 is 2.07 bits per heavy atom. The van der Waals surface area contributed by atoms with E-state index in [0.717, 1.165) is 16.8 Å². The third kappa shape index (κ3) is 3.59. The molecule has 1 saturated heterocycles. The van der Waals surface area contributed by atoms with Gasteiger partial charge in [0.25, 0.3) is 5.91 Å². The maximum absolute atomic E-state index is 13.2. The number of aryl methyl sites for hydroxylation is 1. The number of nitrogens with zero attached hydrogens (tertiary/aromatic N) is 4. The van der Waals surface area contributed by atoms with Gasteiger partial charge in [-0.05, 0) is 26.8 Å². The molecule has 2 atom stereocenters. The molecule has 0 radical (unpaired) electrons. The van der Waals surface area contributed by atoms with E-state index in [-0.39, 0.29) is 23.9 Å². The fourth-order valence-electron chi connectivity index (χ4n) is 3.67. The number of nitriles is 1. The Balaban J connectivity index is 1.80. The topological polar surface area (TPSA) is 95.6 Å². The first-order valence-electron chi connectivity index (χ1n) is 9.84. The number of benzene rings is 1. The molecule has 2 unspecified atom stereocenters. The van der Waals surface area contributed by atoms with Crippen LogP contribution in [0.3, 0.4) is 0 Å². The predicted octanol–water partition coefficient (Wildman–Crippen LogP) is 2.83. The molecule has 0 spiro atoms. The molecule has 1 fully saturated rings. The zero-order valence-electron chi connectivity index (χ0n) is 16.8. The lowest BCUT2D eigenvalue weighted by Crippen LogP contribution is -2.40. The van der Waals surface area contributed by atoms with Crippen molar-refractivity contribution >= 4 is 16.9 Å². The number of fused-ring (bicyclic) bond motifs is 1. The van der Waals surface area contributed by atoms with Crippen molar-refractivity contribution in [3.05, 3.63) is 47.7 Å². The van der Waals surface area contributed by atoms with Gasteiger partial charge in [0, 0.05) is 24.7 Å². The molecule has 0 bridgehead atoms. The molecule has 4 rings (SSSR count). The summed E-state index contributed by atoms with van der Waals surface area (Å²) in [5.41, 5.74) is 4.05. The Kier molecular flexibility index (Phi) is 5.03.